The molecule has 4 rings (SSSR count). The van der Waals surface area contributed by atoms with Crippen molar-refractivity contribution >= 4 is 12.0 Å². The van der Waals surface area contributed by atoms with E-state index in [1.54, 1.807) is 7.11 Å². The van der Waals surface area contributed by atoms with Crippen molar-refractivity contribution in [2.24, 2.45) is 0 Å². The molecule has 0 saturated heterocycles. The van der Waals surface area contributed by atoms with E-state index in [1.807, 2.05) is 42.8 Å². The maximum Gasteiger partial charge on any atom is 0.252 e. The lowest BCUT2D eigenvalue weighted by atomic mass is 9.98. The van der Waals surface area contributed by atoms with Crippen LogP contribution in [0.1, 0.15) is 22.8 Å². The highest BCUT2D eigenvalue weighted by Crippen LogP contribution is 2.27. The highest BCUT2D eigenvalue weighted by atomic mass is 16.5. The summed E-state index contributed by atoms with van der Waals surface area (Å²) in [5, 5.41) is 7.24. The third kappa shape index (κ3) is 3.96. The number of carbonyl (C=O) groups excluding carboxylic acids is 1. The summed E-state index contributed by atoms with van der Waals surface area (Å²) in [6.07, 6.45) is 3.39. The van der Waals surface area contributed by atoms with E-state index in [0.29, 0.717) is 18.0 Å². The Hall–Kier alpha value is -3.67. The van der Waals surface area contributed by atoms with E-state index in [0.717, 1.165) is 33.9 Å². The van der Waals surface area contributed by atoms with Crippen LogP contribution in [0.5, 0.6) is 0 Å². The third-order valence-corrected chi connectivity index (χ3v) is 4.83. The lowest BCUT2D eigenvalue weighted by molar-refractivity contribution is -0.115. The first-order valence-electron chi connectivity index (χ1n) is 9.38. The van der Waals surface area contributed by atoms with E-state index in [1.165, 1.54) is 6.08 Å². The standard InChI is InChI=1S/C23H22N4O2/c1-15-24-16(2)27(26-15)14-17-8-10-18(11-9-17)20-7-5-4-6-19(20)12-21-22(29-3)13-23(28)25-21/h4-13H,14H2,1-3H3,(H,25,28)/b21-12-. The molecule has 0 atom stereocenters. The van der Waals surface area contributed by atoms with Gasteiger partial charge in [0.2, 0.25) is 0 Å². The van der Waals surface area contributed by atoms with Crippen LogP contribution in [-0.4, -0.2) is 27.8 Å². The SMILES string of the molecule is COC1=CC(=O)N/C1=C\c1ccccc1-c1ccc(Cn2nc(C)nc2C)cc1. The molecule has 6 heteroatoms. The number of hydrogen-bond donors (Lipinski definition) is 1. The number of nitrogens with zero attached hydrogens (tertiary/aromatic N) is 3. The number of benzene rings is 2. The summed E-state index contributed by atoms with van der Waals surface area (Å²) in [5.74, 6) is 2.06. The molecule has 1 amide bonds. The largest absolute Gasteiger partial charge is 0.494 e. The van der Waals surface area contributed by atoms with Gasteiger partial charge in [-0.25, -0.2) is 9.67 Å². The van der Waals surface area contributed by atoms with Gasteiger partial charge in [0, 0.05) is 6.08 Å². The summed E-state index contributed by atoms with van der Waals surface area (Å²) in [6.45, 7) is 4.55. The Morgan fingerprint density at radius 3 is 2.55 bits per heavy atom. The number of ether oxygens (including phenoxy) is 1. The Morgan fingerprint density at radius 1 is 1.10 bits per heavy atom. The van der Waals surface area contributed by atoms with Gasteiger partial charge < -0.3 is 10.1 Å². The fourth-order valence-corrected chi connectivity index (χ4v) is 3.42. The summed E-state index contributed by atoms with van der Waals surface area (Å²) in [5.41, 5.74) is 5.00. The molecule has 29 heavy (non-hydrogen) atoms. The molecule has 6 nitrogen and oxygen atoms in total. The number of hydrogen-bond acceptors (Lipinski definition) is 4. The Kier molecular flexibility index (Phi) is 4.99. The highest BCUT2D eigenvalue weighted by molar-refractivity contribution is 5.96. The molecule has 1 aliphatic heterocycles. The number of methoxy groups -OCH3 is 1. The zero-order chi connectivity index (χ0) is 20.4. The topological polar surface area (TPSA) is 69.0 Å². The minimum Gasteiger partial charge on any atom is -0.494 e. The van der Waals surface area contributed by atoms with E-state index < -0.39 is 0 Å². The van der Waals surface area contributed by atoms with E-state index in [9.17, 15) is 4.79 Å². The van der Waals surface area contributed by atoms with Crippen LogP contribution in [0.25, 0.3) is 17.2 Å². The van der Waals surface area contributed by atoms with Gasteiger partial charge in [-0.15, -0.1) is 0 Å². The van der Waals surface area contributed by atoms with Crippen molar-refractivity contribution in [3.8, 4) is 11.1 Å². The summed E-state index contributed by atoms with van der Waals surface area (Å²) < 4.78 is 7.20. The lowest BCUT2D eigenvalue weighted by Gasteiger charge is -2.10. The summed E-state index contributed by atoms with van der Waals surface area (Å²) in [7, 11) is 1.56. The van der Waals surface area contributed by atoms with Gasteiger partial charge in [0.05, 0.1) is 19.4 Å². The number of aryl methyl sites for hydroxylation is 2. The van der Waals surface area contributed by atoms with E-state index in [-0.39, 0.29) is 5.91 Å². The first kappa shape index (κ1) is 18.7. The summed E-state index contributed by atoms with van der Waals surface area (Å²) in [4.78, 5) is 16.0. The maximum absolute atomic E-state index is 11.7. The minimum atomic E-state index is -0.173. The van der Waals surface area contributed by atoms with Gasteiger partial charge in [-0.3, -0.25) is 4.79 Å². The number of amides is 1. The molecular weight excluding hydrogens is 364 g/mol. The van der Waals surface area contributed by atoms with E-state index >= 15 is 0 Å². The minimum absolute atomic E-state index is 0.173. The number of nitrogens with one attached hydrogen (secondary N) is 1. The molecule has 0 unspecified atom stereocenters. The second kappa shape index (κ2) is 7.75. The van der Waals surface area contributed by atoms with Gasteiger partial charge in [0.25, 0.3) is 5.91 Å². The molecule has 1 aromatic heterocycles. The van der Waals surface area contributed by atoms with Crippen molar-refractivity contribution in [3.63, 3.8) is 0 Å². The second-order valence-corrected chi connectivity index (χ2v) is 6.91. The predicted molar refractivity (Wildman–Crippen MR) is 112 cm³/mol. The molecule has 1 N–H and O–H groups in total. The smallest absolute Gasteiger partial charge is 0.252 e. The van der Waals surface area contributed by atoms with Crippen LogP contribution in [0.3, 0.4) is 0 Å². The fraction of sp³-hybridized carbons (Fsp3) is 0.174. The summed E-state index contributed by atoms with van der Waals surface area (Å²) >= 11 is 0. The Morgan fingerprint density at radius 2 is 1.86 bits per heavy atom. The van der Waals surface area contributed by atoms with Crippen molar-refractivity contribution < 1.29 is 9.53 Å². The van der Waals surface area contributed by atoms with Crippen LogP contribution in [-0.2, 0) is 16.1 Å². The third-order valence-electron chi connectivity index (χ3n) is 4.83. The monoisotopic (exact) mass is 386 g/mol. The first-order chi connectivity index (χ1) is 14.0. The highest BCUT2D eigenvalue weighted by Gasteiger charge is 2.18. The van der Waals surface area contributed by atoms with Gasteiger partial charge in [0.1, 0.15) is 17.4 Å². The molecule has 146 valence electrons. The van der Waals surface area contributed by atoms with Crippen molar-refractivity contribution in [2.75, 3.05) is 7.11 Å². The van der Waals surface area contributed by atoms with Gasteiger partial charge in [-0.2, -0.15) is 5.10 Å². The number of rotatable bonds is 5. The molecule has 0 bridgehead atoms. The fourth-order valence-electron chi connectivity index (χ4n) is 3.42. The molecule has 0 aliphatic carbocycles. The zero-order valence-electron chi connectivity index (χ0n) is 16.6. The van der Waals surface area contributed by atoms with Crippen LogP contribution in [0.15, 0.2) is 66.1 Å². The molecule has 3 aromatic rings. The predicted octanol–water partition coefficient (Wildman–Crippen LogP) is 3.61. The molecule has 1 aliphatic rings. The van der Waals surface area contributed by atoms with Crippen molar-refractivity contribution in [3.05, 3.63) is 88.8 Å². The van der Waals surface area contributed by atoms with Gasteiger partial charge in [-0.05, 0) is 42.2 Å². The number of carbonyl (C=O) groups is 1. The maximum atomic E-state index is 11.7. The molecule has 2 aromatic carbocycles. The van der Waals surface area contributed by atoms with Gasteiger partial charge in [-0.1, -0.05) is 48.5 Å². The Bertz CT molecular complexity index is 1120. The van der Waals surface area contributed by atoms with Crippen LogP contribution >= 0.6 is 0 Å². The van der Waals surface area contributed by atoms with Crippen LogP contribution < -0.4 is 5.32 Å². The summed E-state index contributed by atoms with van der Waals surface area (Å²) in [6, 6.07) is 16.5. The lowest BCUT2D eigenvalue weighted by Crippen LogP contribution is -2.13. The van der Waals surface area contributed by atoms with Crippen molar-refractivity contribution in [1.82, 2.24) is 20.1 Å². The molecular formula is C23H22N4O2. The average molecular weight is 386 g/mol. The molecule has 0 saturated carbocycles. The van der Waals surface area contributed by atoms with Crippen LogP contribution in [0.2, 0.25) is 0 Å². The zero-order valence-corrected chi connectivity index (χ0v) is 16.6. The molecule has 0 fully saturated rings. The van der Waals surface area contributed by atoms with E-state index in [2.05, 4.69) is 45.7 Å². The first-order valence-corrected chi connectivity index (χ1v) is 9.38. The Labute approximate surface area is 169 Å². The molecule has 2 heterocycles. The number of aromatic nitrogens is 3. The van der Waals surface area contributed by atoms with Gasteiger partial charge >= 0.3 is 0 Å². The second-order valence-electron chi connectivity index (χ2n) is 6.91. The van der Waals surface area contributed by atoms with Crippen molar-refractivity contribution in [1.29, 1.82) is 0 Å². The average Bonchev–Trinajstić information content (AvgIpc) is 3.23. The molecule has 0 spiro atoms. The van der Waals surface area contributed by atoms with Crippen LogP contribution in [0.4, 0.5) is 0 Å². The van der Waals surface area contributed by atoms with Crippen LogP contribution in [0, 0.1) is 13.8 Å². The Balaban J connectivity index is 1.62. The van der Waals surface area contributed by atoms with Gasteiger partial charge in [0.15, 0.2) is 0 Å². The molecule has 0 radical (unpaired) electrons. The van der Waals surface area contributed by atoms with Crippen molar-refractivity contribution in [2.45, 2.75) is 20.4 Å². The quantitative estimate of drug-likeness (QED) is 0.727. The van der Waals surface area contributed by atoms with E-state index in [4.69, 9.17) is 4.74 Å². The normalized spacial score (nSPS) is 14.8.